The van der Waals surface area contributed by atoms with Gasteiger partial charge in [0.25, 0.3) is 0 Å². The molecular weight excluding hydrogens is 262 g/mol. The number of anilines is 1. The molecule has 19 heavy (non-hydrogen) atoms. The number of rotatable bonds is 4. The summed E-state index contributed by atoms with van der Waals surface area (Å²) in [5, 5.41) is 12.5. The first-order valence-corrected chi connectivity index (χ1v) is 6.26. The minimum absolute atomic E-state index is 0.186. The predicted molar refractivity (Wildman–Crippen MR) is 76.9 cm³/mol. The number of carboxylic acid groups (broad SMARTS) is 1. The van der Waals surface area contributed by atoms with Crippen LogP contribution in [0.1, 0.15) is 21.5 Å². The number of hydrogen-bond acceptors (Lipinski definition) is 2. The number of nitrogens with one attached hydrogen (secondary N) is 1. The highest BCUT2D eigenvalue weighted by Crippen LogP contribution is 2.23. The Morgan fingerprint density at radius 3 is 2.68 bits per heavy atom. The Kier molecular flexibility index (Phi) is 4.07. The summed E-state index contributed by atoms with van der Waals surface area (Å²) in [7, 11) is 0. The van der Waals surface area contributed by atoms with Crippen molar-refractivity contribution >= 4 is 23.3 Å². The highest BCUT2D eigenvalue weighted by atomic mass is 35.5. The molecule has 0 bridgehead atoms. The lowest BCUT2D eigenvalue weighted by Crippen LogP contribution is -2.02. The van der Waals surface area contributed by atoms with E-state index in [2.05, 4.69) is 11.4 Å². The molecule has 2 aromatic rings. The molecule has 0 aliphatic heterocycles. The van der Waals surface area contributed by atoms with Crippen LogP contribution in [-0.4, -0.2) is 11.1 Å². The van der Waals surface area contributed by atoms with E-state index >= 15 is 0 Å². The third-order valence-corrected chi connectivity index (χ3v) is 3.09. The Morgan fingerprint density at radius 1 is 1.26 bits per heavy atom. The third-order valence-electron chi connectivity index (χ3n) is 2.78. The summed E-state index contributed by atoms with van der Waals surface area (Å²) in [5.41, 5.74) is 3.27. The van der Waals surface area contributed by atoms with E-state index in [-0.39, 0.29) is 5.56 Å². The Bertz CT molecular complexity index is 611. The van der Waals surface area contributed by atoms with Crippen LogP contribution in [0.4, 0.5) is 5.69 Å². The SMILES string of the molecule is Cc1cccc(CNc2ccc(C(=O)O)cc2Cl)c1. The van der Waals surface area contributed by atoms with Crippen molar-refractivity contribution in [1.29, 1.82) is 0 Å². The minimum atomic E-state index is -0.980. The second kappa shape index (κ2) is 5.76. The monoisotopic (exact) mass is 275 g/mol. The first-order chi connectivity index (χ1) is 9.06. The zero-order valence-corrected chi connectivity index (χ0v) is 11.2. The van der Waals surface area contributed by atoms with Gasteiger partial charge in [0.1, 0.15) is 0 Å². The summed E-state index contributed by atoms with van der Waals surface area (Å²) in [6.07, 6.45) is 0. The van der Waals surface area contributed by atoms with Crippen LogP contribution in [0, 0.1) is 6.92 Å². The van der Waals surface area contributed by atoms with Gasteiger partial charge in [-0.3, -0.25) is 0 Å². The van der Waals surface area contributed by atoms with Crippen molar-refractivity contribution in [1.82, 2.24) is 0 Å². The Morgan fingerprint density at radius 2 is 2.05 bits per heavy atom. The fourth-order valence-corrected chi connectivity index (χ4v) is 2.06. The second-order valence-corrected chi connectivity index (χ2v) is 4.75. The van der Waals surface area contributed by atoms with Gasteiger partial charge in [0.15, 0.2) is 0 Å². The van der Waals surface area contributed by atoms with Crippen molar-refractivity contribution in [2.75, 3.05) is 5.32 Å². The maximum atomic E-state index is 10.8. The lowest BCUT2D eigenvalue weighted by Gasteiger charge is -2.09. The largest absolute Gasteiger partial charge is 0.478 e. The van der Waals surface area contributed by atoms with Crippen molar-refractivity contribution in [3.63, 3.8) is 0 Å². The zero-order valence-electron chi connectivity index (χ0n) is 10.5. The number of benzene rings is 2. The van der Waals surface area contributed by atoms with Crippen molar-refractivity contribution < 1.29 is 9.90 Å². The molecule has 98 valence electrons. The molecule has 3 nitrogen and oxygen atoms in total. The standard InChI is InChI=1S/C15H14ClNO2/c1-10-3-2-4-11(7-10)9-17-14-6-5-12(15(18)19)8-13(14)16/h2-8,17H,9H2,1H3,(H,18,19). The molecule has 0 saturated heterocycles. The lowest BCUT2D eigenvalue weighted by atomic mass is 10.1. The first-order valence-electron chi connectivity index (χ1n) is 5.88. The van der Waals surface area contributed by atoms with Gasteiger partial charge in [0.2, 0.25) is 0 Å². The average Bonchev–Trinajstić information content (AvgIpc) is 2.37. The van der Waals surface area contributed by atoms with Gasteiger partial charge in [-0.25, -0.2) is 4.79 Å². The number of aryl methyl sites for hydroxylation is 1. The van der Waals surface area contributed by atoms with Gasteiger partial charge in [-0.05, 0) is 30.7 Å². The topological polar surface area (TPSA) is 49.3 Å². The van der Waals surface area contributed by atoms with E-state index in [4.69, 9.17) is 16.7 Å². The summed E-state index contributed by atoms with van der Waals surface area (Å²) in [6.45, 7) is 2.69. The van der Waals surface area contributed by atoms with Crippen LogP contribution >= 0.6 is 11.6 Å². The van der Waals surface area contributed by atoms with Gasteiger partial charge in [-0.15, -0.1) is 0 Å². The van der Waals surface area contributed by atoms with E-state index in [0.717, 1.165) is 11.3 Å². The third kappa shape index (κ3) is 3.48. The van der Waals surface area contributed by atoms with Gasteiger partial charge in [0.05, 0.1) is 16.3 Å². The Hall–Kier alpha value is -2.00. The van der Waals surface area contributed by atoms with Crippen LogP contribution in [0.15, 0.2) is 42.5 Å². The van der Waals surface area contributed by atoms with Gasteiger partial charge in [-0.2, -0.15) is 0 Å². The van der Waals surface area contributed by atoms with Crippen molar-refractivity contribution in [2.45, 2.75) is 13.5 Å². The summed E-state index contributed by atoms with van der Waals surface area (Å²) >= 11 is 6.05. The number of carboxylic acids is 1. The minimum Gasteiger partial charge on any atom is -0.478 e. The summed E-state index contributed by atoms with van der Waals surface area (Å²) < 4.78 is 0. The van der Waals surface area contributed by atoms with E-state index in [1.54, 1.807) is 6.07 Å². The van der Waals surface area contributed by atoms with E-state index in [1.807, 2.05) is 25.1 Å². The fourth-order valence-electron chi connectivity index (χ4n) is 1.81. The van der Waals surface area contributed by atoms with Gasteiger partial charge >= 0.3 is 5.97 Å². The van der Waals surface area contributed by atoms with E-state index < -0.39 is 5.97 Å². The van der Waals surface area contributed by atoms with E-state index in [9.17, 15) is 4.79 Å². The number of hydrogen-bond donors (Lipinski definition) is 2. The highest BCUT2D eigenvalue weighted by Gasteiger charge is 2.06. The molecule has 4 heteroatoms. The first kappa shape index (κ1) is 13.4. The van der Waals surface area contributed by atoms with Crippen molar-refractivity contribution in [3.05, 3.63) is 64.2 Å². The van der Waals surface area contributed by atoms with Crippen LogP contribution in [0.5, 0.6) is 0 Å². The molecular formula is C15H14ClNO2. The normalized spacial score (nSPS) is 10.2. The molecule has 0 radical (unpaired) electrons. The lowest BCUT2D eigenvalue weighted by molar-refractivity contribution is 0.0697. The molecule has 0 unspecified atom stereocenters. The number of halogens is 1. The smallest absolute Gasteiger partial charge is 0.335 e. The molecule has 2 rings (SSSR count). The molecule has 0 atom stereocenters. The quantitative estimate of drug-likeness (QED) is 0.888. The summed E-state index contributed by atoms with van der Waals surface area (Å²) in [5.74, 6) is -0.980. The molecule has 2 N–H and O–H groups in total. The van der Waals surface area contributed by atoms with Crippen LogP contribution in [0.25, 0.3) is 0 Å². The Labute approximate surface area is 116 Å². The van der Waals surface area contributed by atoms with E-state index in [0.29, 0.717) is 11.6 Å². The molecule has 0 spiro atoms. The average molecular weight is 276 g/mol. The maximum Gasteiger partial charge on any atom is 0.335 e. The van der Waals surface area contributed by atoms with Crippen LogP contribution in [0.3, 0.4) is 0 Å². The molecule has 0 amide bonds. The fraction of sp³-hybridized carbons (Fsp3) is 0.133. The molecule has 0 aromatic heterocycles. The molecule has 0 aliphatic carbocycles. The van der Waals surface area contributed by atoms with Gasteiger partial charge in [-0.1, -0.05) is 41.4 Å². The molecule has 2 aromatic carbocycles. The number of carbonyl (C=O) groups is 1. The molecule has 0 saturated carbocycles. The summed E-state index contributed by atoms with van der Waals surface area (Å²) in [6, 6.07) is 12.8. The molecule has 0 heterocycles. The zero-order chi connectivity index (χ0) is 13.8. The van der Waals surface area contributed by atoms with Gasteiger partial charge < -0.3 is 10.4 Å². The Balaban J connectivity index is 2.10. The second-order valence-electron chi connectivity index (χ2n) is 4.34. The van der Waals surface area contributed by atoms with Crippen LogP contribution in [-0.2, 0) is 6.54 Å². The van der Waals surface area contributed by atoms with E-state index in [1.165, 1.54) is 17.7 Å². The summed E-state index contributed by atoms with van der Waals surface area (Å²) in [4.78, 5) is 10.8. The van der Waals surface area contributed by atoms with Gasteiger partial charge in [0, 0.05) is 6.54 Å². The van der Waals surface area contributed by atoms with Crippen LogP contribution < -0.4 is 5.32 Å². The number of aromatic carboxylic acids is 1. The molecule has 0 fully saturated rings. The highest BCUT2D eigenvalue weighted by molar-refractivity contribution is 6.33. The maximum absolute atomic E-state index is 10.8. The van der Waals surface area contributed by atoms with Crippen molar-refractivity contribution in [2.24, 2.45) is 0 Å². The molecule has 0 aliphatic rings. The predicted octanol–water partition coefficient (Wildman–Crippen LogP) is 3.96. The van der Waals surface area contributed by atoms with Crippen LogP contribution in [0.2, 0.25) is 5.02 Å². The van der Waals surface area contributed by atoms with Crippen molar-refractivity contribution in [3.8, 4) is 0 Å².